The summed E-state index contributed by atoms with van der Waals surface area (Å²) in [7, 11) is 0. The molecule has 1 saturated heterocycles. The molecule has 1 fully saturated rings. The lowest BCUT2D eigenvalue weighted by Gasteiger charge is -2.23. The van der Waals surface area contributed by atoms with E-state index in [0.717, 1.165) is 43.0 Å². The molecule has 9 heteroatoms. The molecule has 2 heterocycles. The fourth-order valence-electron chi connectivity index (χ4n) is 3.62. The first-order valence-electron chi connectivity index (χ1n) is 10.4. The molecule has 0 unspecified atom stereocenters. The highest BCUT2D eigenvalue weighted by molar-refractivity contribution is 7.99. The Morgan fingerprint density at radius 1 is 1.12 bits per heavy atom. The number of rotatable bonds is 5. The Morgan fingerprint density at radius 2 is 1.91 bits per heavy atom. The number of benzene rings is 2. The minimum absolute atomic E-state index is 0.0909. The summed E-state index contributed by atoms with van der Waals surface area (Å²) in [4.78, 5) is 17.1. The number of anilines is 1. The minimum atomic E-state index is 0.0909. The van der Waals surface area contributed by atoms with Gasteiger partial charge in [-0.25, -0.2) is 0 Å². The Labute approximate surface area is 196 Å². The molecule has 0 bridgehead atoms. The van der Waals surface area contributed by atoms with Crippen LogP contribution in [0, 0.1) is 18.3 Å². The molecule has 164 valence electrons. The lowest BCUT2D eigenvalue weighted by molar-refractivity contribution is -0.128. The maximum atomic E-state index is 12.9. The van der Waals surface area contributed by atoms with Gasteiger partial charge >= 0.3 is 0 Å². The van der Waals surface area contributed by atoms with Crippen LogP contribution in [0.5, 0.6) is 0 Å². The van der Waals surface area contributed by atoms with Crippen LogP contribution in [0.15, 0.2) is 53.9 Å². The summed E-state index contributed by atoms with van der Waals surface area (Å²) in [5.41, 5.74) is 3.60. The van der Waals surface area contributed by atoms with E-state index in [4.69, 9.17) is 16.9 Å². The Balaban J connectivity index is 1.35. The smallest absolute Gasteiger partial charge is 0.233 e. The molecular weight excluding hydrogens is 444 g/mol. The van der Waals surface area contributed by atoms with Crippen LogP contribution in [-0.4, -0.2) is 57.5 Å². The molecule has 32 heavy (non-hydrogen) atoms. The molecule has 7 nitrogen and oxygen atoms in total. The average molecular weight is 467 g/mol. The zero-order chi connectivity index (χ0) is 22.5. The molecule has 1 aromatic heterocycles. The number of hydrogen-bond donors (Lipinski definition) is 0. The number of hydrogen-bond acceptors (Lipinski definition) is 6. The highest BCUT2D eigenvalue weighted by atomic mass is 35.5. The van der Waals surface area contributed by atoms with Gasteiger partial charge in [0.2, 0.25) is 5.91 Å². The lowest BCUT2D eigenvalue weighted by Crippen LogP contribution is -2.36. The molecule has 0 spiro atoms. The van der Waals surface area contributed by atoms with Crippen molar-refractivity contribution in [1.29, 1.82) is 5.26 Å². The second kappa shape index (κ2) is 10.1. The van der Waals surface area contributed by atoms with Gasteiger partial charge in [-0.05, 0) is 55.3 Å². The number of nitrogens with zero attached hydrogens (tertiary/aromatic N) is 6. The van der Waals surface area contributed by atoms with Crippen LogP contribution in [0.25, 0.3) is 5.69 Å². The number of amides is 1. The minimum Gasteiger partial charge on any atom is -0.370 e. The summed E-state index contributed by atoms with van der Waals surface area (Å²) in [5.74, 6) is 0.392. The molecule has 4 rings (SSSR count). The fraction of sp³-hybridized carbons (Fsp3) is 0.304. The Bertz CT molecular complexity index is 1140. The Morgan fingerprint density at radius 3 is 2.66 bits per heavy atom. The Hall–Kier alpha value is -3.02. The van der Waals surface area contributed by atoms with Gasteiger partial charge in [-0.15, -0.1) is 10.2 Å². The third-order valence-electron chi connectivity index (χ3n) is 5.48. The Kier molecular flexibility index (Phi) is 6.98. The van der Waals surface area contributed by atoms with Crippen LogP contribution in [0.1, 0.15) is 17.5 Å². The highest BCUT2D eigenvalue weighted by Gasteiger charge is 2.20. The number of aryl methyl sites for hydroxylation is 1. The van der Waals surface area contributed by atoms with E-state index in [1.54, 1.807) is 6.33 Å². The molecular formula is C23H23ClN6OS. The van der Waals surface area contributed by atoms with Crippen molar-refractivity contribution in [2.45, 2.75) is 18.5 Å². The van der Waals surface area contributed by atoms with E-state index in [1.165, 1.54) is 11.8 Å². The van der Waals surface area contributed by atoms with Gasteiger partial charge in [0.1, 0.15) is 6.33 Å². The largest absolute Gasteiger partial charge is 0.370 e. The average Bonchev–Trinajstić information content (AvgIpc) is 3.14. The maximum Gasteiger partial charge on any atom is 0.233 e. The van der Waals surface area contributed by atoms with Crippen LogP contribution >= 0.6 is 23.4 Å². The van der Waals surface area contributed by atoms with E-state index in [1.807, 2.05) is 58.9 Å². The molecule has 1 aliphatic rings. The molecule has 0 saturated carbocycles. The van der Waals surface area contributed by atoms with Crippen molar-refractivity contribution in [2.75, 3.05) is 36.8 Å². The quantitative estimate of drug-likeness (QED) is 0.530. The molecule has 0 atom stereocenters. The summed E-state index contributed by atoms with van der Waals surface area (Å²) in [6.45, 7) is 4.99. The second-order valence-corrected chi connectivity index (χ2v) is 8.94. The molecule has 1 amide bonds. The van der Waals surface area contributed by atoms with Crippen molar-refractivity contribution >= 4 is 35.0 Å². The second-order valence-electron chi connectivity index (χ2n) is 7.59. The lowest BCUT2D eigenvalue weighted by atomic mass is 10.2. The van der Waals surface area contributed by atoms with Crippen molar-refractivity contribution in [1.82, 2.24) is 19.7 Å². The number of nitriles is 1. The number of carbonyl (C=O) groups excluding carboxylic acids is 1. The first-order valence-corrected chi connectivity index (χ1v) is 11.7. The number of carbonyl (C=O) groups is 1. The van der Waals surface area contributed by atoms with Gasteiger partial charge < -0.3 is 9.80 Å². The molecule has 0 radical (unpaired) electrons. The fourth-order valence-corrected chi connectivity index (χ4v) is 4.63. The molecule has 3 aromatic rings. The zero-order valence-electron chi connectivity index (χ0n) is 17.7. The molecule has 0 aliphatic carbocycles. The van der Waals surface area contributed by atoms with E-state index >= 15 is 0 Å². The van der Waals surface area contributed by atoms with Crippen LogP contribution in [0.2, 0.25) is 5.02 Å². The summed E-state index contributed by atoms with van der Waals surface area (Å²) < 4.78 is 1.85. The van der Waals surface area contributed by atoms with Gasteiger partial charge in [-0.2, -0.15) is 5.26 Å². The van der Waals surface area contributed by atoms with Gasteiger partial charge in [0, 0.05) is 36.9 Å². The van der Waals surface area contributed by atoms with E-state index in [0.29, 0.717) is 28.0 Å². The summed E-state index contributed by atoms with van der Waals surface area (Å²) in [5, 5.41) is 18.5. The molecule has 2 aromatic carbocycles. The third kappa shape index (κ3) is 5.06. The van der Waals surface area contributed by atoms with Crippen molar-refractivity contribution < 1.29 is 4.79 Å². The van der Waals surface area contributed by atoms with E-state index in [2.05, 4.69) is 21.2 Å². The molecule has 0 N–H and O–H groups in total. The van der Waals surface area contributed by atoms with Crippen LogP contribution in [-0.2, 0) is 4.79 Å². The van der Waals surface area contributed by atoms with Crippen LogP contribution in [0.4, 0.5) is 5.69 Å². The normalized spacial score (nSPS) is 14.2. The third-order valence-corrected chi connectivity index (χ3v) is 6.82. The number of thioether (sulfide) groups is 1. The van der Waals surface area contributed by atoms with Gasteiger partial charge in [0.15, 0.2) is 5.16 Å². The van der Waals surface area contributed by atoms with Crippen molar-refractivity contribution in [3.05, 3.63) is 64.9 Å². The van der Waals surface area contributed by atoms with Crippen LogP contribution in [0.3, 0.4) is 0 Å². The van der Waals surface area contributed by atoms with E-state index in [9.17, 15) is 4.79 Å². The topological polar surface area (TPSA) is 78.1 Å². The first-order chi connectivity index (χ1) is 15.5. The van der Waals surface area contributed by atoms with E-state index in [-0.39, 0.29) is 5.91 Å². The maximum absolute atomic E-state index is 12.9. The zero-order valence-corrected chi connectivity index (χ0v) is 19.3. The predicted octanol–water partition coefficient (Wildman–Crippen LogP) is 3.93. The number of aromatic nitrogens is 3. The van der Waals surface area contributed by atoms with Crippen molar-refractivity contribution in [3.63, 3.8) is 0 Å². The summed E-state index contributed by atoms with van der Waals surface area (Å²) >= 11 is 7.64. The number of halogens is 1. The van der Waals surface area contributed by atoms with Crippen molar-refractivity contribution in [3.8, 4) is 11.8 Å². The van der Waals surface area contributed by atoms with Gasteiger partial charge in [-0.1, -0.05) is 29.4 Å². The highest BCUT2D eigenvalue weighted by Crippen LogP contribution is 2.24. The monoisotopic (exact) mass is 466 g/mol. The summed E-state index contributed by atoms with van der Waals surface area (Å²) in [6, 6.07) is 15.5. The van der Waals surface area contributed by atoms with Crippen molar-refractivity contribution in [2.24, 2.45) is 0 Å². The molecule has 1 aliphatic heterocycles. The predicted molar refractivity (Wildman–Crippen MR) is 126 cm³/mol. The van der Waals surface area contributed by atoms with Gasteiger partial charge in [0.05, 0.1) is 23.1 Å². The standard InChI is InChI=1S/C23H23ClN6OS/c1-17-3-6-20(13-21(17)24)30-16-26-27-23(30)32-15-22(31)29-10-2-9-28(11-12-29)19-7-4-18(14-25)5-8-19/h3-8,13,16H,2,9-12,15H2,1H3. The van der Waals surface area contributed by atoms with E-state index < -0.39 is 0 Å². The SMILES string of the molecule is Cc1ccc(-n2cnnc2SCC(=O)N2CCCN(c3ccc(C#N)cc3)CC2)cc1Cl. The first kappa shape index (κ1) is 22.2. The van der Waals surface area contributed by atoms with Gasteiger partial charge in [-0.3, -0.25) is 9.36 Å². The van der Waals surface area contributed by atoms with Gasteiger partial charge in [0.25, 0.3) is 0 Å². The van der Waals surface area contributed by atoms with Crippen LogP contribution < -0.4 is 4.90 Å². The summed E-state index contributed by atoms with van der Waals surface area (Å²) in [6.07, 6.45) is 2.53.